The van der Waals surface area contributed by atoms with E-state index < -0.39 is 0 Å². The normalized spacial score (nSPS) is 11.3. The van der Waals surface area contributed by atoms with Crippen LogP contribution in [0.5, 0.6) is 0 Å². The third-order valence-corrected chi connectivity index (χ3v) is 3.46. The Kier molecular flexibility index (Phi) is 4.39. The molecule has 0 atom stereocenters. The minimum atomic E-state index is 0.341. The van der Waals surface area contributed by atoms with E-state index in [1.807, 2.05) is 13.0 Å². The van der Waals surface area contributed by atoms with Crippen LogP contribution in [0.25, 0.3) is 5.69 Å². The molecule has 1 aromatic carbocycles. The summed E-state index contributed by atoms with van der Waals surface area (Å²) in [7, 11) is 0. The molecule has 0 amide bonds. The van der Waals surface area contributed by atoms with Crippen molar-refractivity contribution in [3.63, 3.8) is 0 Å². The van der Waals surface area contributed by atoms with E-state index in [4.69, 9.17) is 23.2 Å². The molecule has 0 spiro atoms. The summed E-state index contributed by atoms with van der Waals surface area (Å²) in [6.45, 7) is 6.57. The van der Waals surface area contributed by atoms with Crippen molar-refractivity contribution in [2.75, 3.05) is 0 Å². The molecule has 0 saturated carbocycles. The summed E-state index contributed by atoms with van der Waals surface area (Å²) in [5.41, 5.74) is 1.55. The standard InChI is InChI=1S/C12H15Cl2N5/c1-7(2)15-6-10-16-17-18-19(10)12-9(13)5-4-8(3)11(12)14/h4-5,7,15H,6H2,1-3H3. The second kappa shape index (κ2) is 5.86. The van der Waals surface area contributed by atoms with Crippen molar-refractivity contribution in [1.82, 2.24) is 25.5 Å². The molecule has 102 valence electrons. The fourth-order valence-electron chi connectivity index (χ4n) is 1.62. The topological polar surface area (TPSA) is 55.6 Å². The Morgan fingerprint density at radius 2 is 2.05 bits per heavy atom. The van der Waals surface area contributed by atoms with Gasteiger partial charge in [-0.1, -0.05) is 43.1 Å². The number of aryl methyl sites for hydroxylation is 1. The molecule has 0 fully saturated rings. The highest BCUT2D eigenvalue weighted by molar-refractivity contribution is 6.38. The maximum atomic E-state index is 6.30. The predicted molar refractivity (Wildman–Crippen MR) is 75.9 cm³/mol. The molecule has 1 heterocycles. The SMILES string of the molecule is Cc1ccc(Cl)c(-n2nnnc2CNC(C)C)c1Cl. The lowest BCUT2D eigenvalue weighted by Gasteiger charge is -2.12. The molecule has 0 aliphatic rings. The highest BCUT2D eigenvalue weighted by Crippen LogP contribution is 2.31. The van der Waals surface area contributed by atoms with Gasteiger partial charge in [-0.3, -0.25) is 0 Å². The van der Waals surface area contributed by atoms with Gasteiger partial charge in [0.15, 0.2) is 5.82 Å². The Morgan fingerprint density at radius 3 is 2.74 bits per heavy atom. The second-order valence-electron chi connectivity index (χ2n) is 4.57. The fourth-order valence-corrected chi connectivity index (χ4v) is 2.15. The molecule has 0 aliphatic carbocycles. The van der Waals surface area contributed by atoms with E-state index in [9.17, 15) is 0 Å². The van der Waals surface area contributed by atoms with E-state index in [1.165, 1.54) is 0 Å². The molecule has 1 aromatic heterocycles. The molecule has 0 unspecified atom stereocenters. The van der Waals surface area contributed by atoms with E-state index in [1.54, 1.807) is 10.7 Å². The van der Waals surface area contributed by atoms with Crippen LogP contribution in [0.3, 0.4) is 0 Å². The zero-order chi connectivity index (χ0) is 14.0. The van der Waals surface area contributed by atoms with Crippen LogP contribution in [0, 0.1) is 6.92 Å². The zero-order valence-corrected chi connectivity index (χ0v) is 12.5. The first-order chi connectivity index (χ1) is 9.00. The summed E-state index contributed by atoms with van der Waals surface area (Å²) < 4.78 is 1.58. The van der Waals surface area contributed by atoms with Gasteiger partial charge in [0.1, 0.15) is 5.69 Å². The van der Waals surface area contributed by atoms with Gasteiger partial charge in [-0.15, -0.1) is 5.10 Å². The van der Waals surface area contributed by atoms with Crippen molar-refractivity contribution in [2.24, 2.45) is 0 Å². The Bertz CT molecular complexity index is 579. The minimum absolute atomic E-state index is 0.341. The van der Waals surface area contributed by atoms with Crippen LogP contribution in [0.1, 0.15) is 25.2 Å². The van der Waals surface area contributed by atoms with Gasteiger partial charge < -0.3 is 5.32 Å². The number of tetrazole rings is 1. The molecule has 2 rings (SSSR count). The summed E-state index contributed by atoms with van der Waals surface area (Å²) in [5.74, 6) is 0.670. The molecule has 7 heteroatoms. The monoisotopic (exact) mass is 299 g/mol. The van der Waals surface area contributed by atoms with Crippen LogP contribution in [0.4, 0.5) is 0 Å². The molecule has 0 bridgehead atoms. The predicted octanol–water partition coefficient (Wildman–Crippen LogP) is 2.78. The van der Waals surface area contributed by atoms with Gasteiger partial charge in [0, 0.05) is 6.04 Å². The van der Waals surface area contributed by atoms with E-state index in [0.717, 1.165) is 5.56 Å². The van der Waals surface area contributed by atoms with Crippen molar-refractivity contribution in [3.8, 4) is 5.69 Å². The average molecular weight is 300 g/mol. The summed E-state index contributed by atoms with van der Waals surface area (Å²) in [6.07, 6.45) is 0. The highest BCUT2D eigenvalue weighted by Gasteiger charge is 2.16. The maximum Gasteiger partial charge on any atom is 0.170 e. The molecule has 19 heavy (non-hydrogen) atoms. The summed E-state index contributed by atoms with van der Waals surface area (Å²) >= 11 is 12.5. The van der Waals surface area contributed by atoms with Gasteiger partial charge in [-0.2, -0.15) is 4.68 Å². The van der Waals surface area contributed by atoms with Crippen LogP contribution in [-0.4, -0.2) is 26.2 Å². The number of hydrogen-bond donors (Lipinski definition) is 1. The number of rotatable bonds is 4. The largest absolute Gasteiger partial charge is 0.308 e. The average Bonchev–Trinajstić information content (AvgIpc) is 2.80. The number of nitrogens with one attached hydrogen (secondary N) is 1. The van der Waals surface area contributed by atoms with Crippen LogP contribution in [0.15, 0.2) is 12.1 Å². The second-order valence-corrected chi connectivity index (χ2v) is 5.35. The van der Waals surface area contributed by atoms with Gasteiger partial charge >= 0.3 is 0 Å². The first kappa shape index (κ1) is 14.2. The quantitative estimate of drug-likeness (QED) is 0.943. The van der Waals surface area contributed by atoms with Crippen molar-refractivity contribution < 1.29 is 0 Å². The molecule has 1 N–H and O–H groups in total. The zero-order valence-electron chi connectivity index (χ0n) is 11.0. The van der Waals surface area contributed by atoms with Crippen molar-refractivity contribution in [2.45, 2.75) is 33.4 Å². The summed E-state index contributed by atoms with van der Waals surface area (Å²) in [6, 6.07) is 4.00. The van der Waals surface area contributed by atoms with Crippen LogP contribution in [-0.2, 0) is 6.54 Å². The third-order valence-electron chi connectivity index (χ3n) is 2.67. The van der Waals surface area contributed by atoms with Gasteiger partial charge in [0.25, 0.3) is 0 Å². The molecule has 0 aliphatic heterocycles. The van der Waals surface area contributed by atoms with Gasteiger partial charge in [-0.25, -0.2) is 0 Å². The Morgan fingerprint density at radius 1 is 1.32 bits per heavy atom. The molecule has 5 nitrogen and oxygen atoms in total. The van der Waals surface area contributed by atoms with Crippen LogP contribution >= 0.6 is 23.2 Å². The van der Waals surface area contributed by atoms with Gasteiger partial charge in [0.2, 0.25) is 0 Å². The number of halogens is 2. The van der Waals surface area contributed by atoms with E-state index in [0.29, 0.717) is 34.1 Å². The Balaban J connectivity index is 2.43. The summed E-state index contributed by atoms with van der Waals surface area (Å²) in [4.78, 5) is 0. The van der Waals surface area contributed by atoms with E-state index in [-0.39, 0.29) is 0 Å². The molecule has 0 saturated heterocycles. The first-order valence-corrected chi connectivity index (χ1v) is 6.72. The molecule has 2 aromatic rings. The number of benzene rings is 1. The van der Waals surface area contributed by atoms with E-state index >= 15 is 0 Å². The number of hydrogen-bond acceptors (Lipinski definition) is 4. The number of aromatic nitrogens is 4. The van der Waals surface area contributed by atoms with Crippen LogP contribution in [0.2, 0.25) is 10.0 Å². The van der Waals surface area contributed by atoms with Crippen molar-refractivity contribution in [3.05, 3.63) is 33.6 Å². The summed E-state index contributed by atoms with van der Waals surface area (Å²) in [5, 5.41) is 16.0. The molecular formula is C12H15Cl2N5. The van der Waals surface area contributed by atoms with Crippen LogP contribution < -0.4 is 5.32 Å². The molecule has 0 radical (unpaired) electrons. The first-order valence-electron chi connectivity index (χ1n) is 5.96. The van der Waals surface area contributed by atoms with Gasteiger partial charge in [0.05, 0.1) is 16.6 Å². The lowest BCUT2D eigenvalue weighted by Crippen LogP contribution is -2.24. The number of nitrogens with zero attached hydrogens (tertiary/aromatic N) is 4. The Labute approximate surface area is 121 Å². The van der Waals surface area contributed by atoms with Crippen molar-refractivity contribution >= 4 is 23.2 Å². The molecular weight excluding hydrogens is 285 g/mol. The lowest BCUT2D eigenvalue weighted by atomic mass is 10.2. The lowest BCUT2D eigenvalue weighted by molar-refractivity contribution is 0.563. The van der Waals surface area contributed by atoms with Gasteiger partial charge in [-0.05, 0) is 29.0 Å². The fraction of sp³-hybridized carbons (Fsp3) is 0.417. The van der Waals surface area contributed by atoms with Crippen molar-refractivity contribution in [1.29, 1.82) is 0 Å². The maximum absolute atomic E-state index is 6.30. The third kappa shape index (κ3) is 3.05. The highest BCUT2D eigenvalue weighted by atomic mass is 35.5. The Hall–Kier alpha value is -1.17. The minimum Gasteiger partial charge on any atom is -0.308 e. The smallest absolute Gasteiger partial charge is 0.170 e. The van der Waals surface area contributed by atoms with E-state index in [2.05, 4.69) is 34.7 Å².